The second kappa shape index (κ2) is 16.8. The molecule has 0 aromatic heterocycles. The number of aliphatic hydroxyl groups is 2. The Kier molecular flexibility index (Phi) is 12.3. The van der Waals surface area contributed by atoms with Crippen LogP contribution in [0.3, 0.4) is 0 Å². The molecule has 0 aliphatic heterocycles. The number of carbonyl (C=O) groups is 3. The lowest BCUT2D eigenvalue weighted by Crippen LogP contribution is -2.62. The molecule has 3 amide bonds. The van der Waals surface area contributed by atoms with Gasteiger partial charge in [-0.1, -0.05) is 142 Å². The first kappa shape index (κ1) is 38.0. The fourth-order valence-corrected chi connectivity index (χ4v) is 6.40. The van der Waals surface area contributed by atoms with Crippen LogP contribution in [0.1, 0.15) is 60.2 Å². The van der Waals surface area contributed by atoms with Crippen LogP contribution in [-0.4, -0.2) is 64.5 Å². The molecule has 5 N–H and O–H groups in total. The average molecular weight is 705 g/mol. The summed E-state index contributed by atoms with van der Waals surface area (Å²) in [6.07, 6.45) is 2.68. The lowest BCUT2D eigenvalue weighted by molar-refractivity contribution is -0.147. The Balaban J connectivity index is 1.45. The topological polar surface area (TPSA) is 140 Å². The van der Waals surface area contributed by atoms with Gasteiger partial charge in [0, 0.05) is 19.4 Å². The number of hydrogen-bond donors (Lipinski definition) is 5. The molecule has 10 nitrogen and oxygen atoms in total. The molecule has 5 rings (SSSR count). The van der Waals surface area contributed by atoms with E-state index in [0.717, 1.165) is 27.8 Å². The molecule has 0 bridgehead atoms. The fraction of sp³-hybridized carbons (Fsp3) is 0.310. The Bertz CT molecular complexity index is 1840. The first-order chi connectivity index (χ1) is 24.8. The molecule has 10 heteroatoms. The van der Waals surface area contributed by atoms with E-state index in [0.29, 0.717) is 12.0 Å². The summed E-state index contributed by atoms with van der Waals surface area (Å²) in [4.78, 5) is 40.5. The minimum atomic E-state index is -2.07. The molecule has 0 saturated heterocycles. The molecular formula is C42H48N4O6. The molecule has 0 spiro atoms. The van der Waals surface area contributed by atoms with Gasteiger partial charge >= 0.3 is 6.09 Å². The average Bonchev–Trinajstić information content (AvgIpc) is 3.44. The number of nitrogens with one attached hydrogen (secondary N) is 3. The number of hydrazine groups is 1. The van der Waals surface area contributed by atoms with Crippen molar-refractivity contribution < 1.29 is 29.3 Å². The van der Waals surface area contributed by atoms with Gasteiger partial charge in [-0.2, -0.15) is 0 Å². The van der Waals surface area contributed by atoms with Gasteiger partial charge in [-0.25, -0.2) is 9.80 Å². The van der Waals surface area contributed by atoms with E-state index in [4.69, 9.17) is 4.74 Å². The minimum Gasteiger partial charge on any atom is -0.453 e. The van der Waals surface area contributed by atoms with E-state index in [1.807, 2.05) is 142 Å². The Morgan fingerprint density at radius 1 is 0.846 bits per heavy atom. The van der Waals surface area contributed by atoms with Crippen molar-refractivity contribution >= 4 is 30.1 Å². The number of hydrogen-bond acceptors (Lipinski definition) is 7. The van der Waals surface area contributed by atoms with Crippen molar-refractivity contribution in [2.45, 2.75) is 63.9 Å². The predicted molar refractivity (Wildman–Crippen MR) is 201 cm³/mol. The van der Waals surface area contributed by atoms with Gasteiger partial charge in [-0.3, -0.25) is 15.0 Å². The quantitative estimate of drug-likeness (QED) is 0.0952. The molecule has 4 atom stereocenters. The molecule has 0 heterocycles. The molecule has 0 saturated carbocycles. The van der Waals surface area contributed by atoms with Gasteiger partial charge in [0.1, 0.15) is 6.04 Å². The van der Waals surface area contributed by atoms with Crippen LogP contribution in [0, 0.1) is 5.41 Å². The summed E-state index contributed by atoms with van der Waals surface area (Å²) in [7, 11) is 1.22. The van der Waals surface area contributed by atoms with Crippen LogP contribution in [0.4, 0.5) is 4.79 Å². The summed E-state index contributed by atoms with van der Waals surface area (Å²) < 4.78 is 4.80. The monoisotopic (exact) mass is 704 g/mol. The molecule has 0 fully saturated rings. The van der Waals surface area contributed by atoms with Crippen LogP contribution in [-0.2, 0) is 33.7 Å². The van der Waals surface area contributed by atoms with Crippen molar-refractivity contribution in [3.8, 4) is 0 Å². The van der Waals surface area contributed by atoms with Crippen LogP contribution < -0.4 is 16.1 Å². The maximum Gasteiger partial charge on any atom is 0.407 e. The number of alkyl carbamates (subject to hydrolysis) is 1. The fourth-order valence-electron chi connectivity index (χ4n) is 6.40. The van der Waals surface area contributed by atoms with Gasteiger partial charge in [0.05, 0.1) is 25.8 Å². The van der Waals surface area contributed by atoms with E-state index < -0.39 is 47.1 Å². The molecule has 0 unspecified atom stereocenters. The zero-order valence-corrected chi connectivity index (χ0v) is 30.1. The summed E-state index contributed by atoms with van der Waals surface area (Å²) in [6, 6.07) is 32.6. The Morgan fingerprint density at radius 2 is 1.44 bits per heavy atom. The molecule has 4 aromatic rings. The Morgan fingerprint density at radius 3 is 2.08 bits per heavy atom. The van der Waals surface area contributed by atoms with Crippen LogP contribution in [0.25, 0.3) is 12.2 Å². The molecule has 1 aliphatic carbocycles. The van der Waals surface area contributed by atoms with Gasteiger partial charge in [-0.05, 0) is 38.8 Å². The number of benzene rings is 4. The molecule has 1 aliphatic rings. The summed E-state index contributed by atoms with van der Waals surface area (Å²) in [5.74, 6) is -1.25. The van der Waals surface area contributed by atoms with E-state index >= 15 is 0 Å². The second-order valence-electron chi connectivity index (χ2n) is 14.4. The molecule has 0 radical (unpaired) electrons. The van der Waals surface area contributed by atoms with Gasteiger partial charge in [-0.15, -0.1) is 0 Å². The van der Waals surface area contributed by atoms with E-state index in [1.165, 1.54) is 12.1 Å². The Hall–Kier alpha value is -5.29. The van der Waals surface area contributed by atoms with Crippen molar-refractivity contribution in [3.05, 3.63) is 143 Å². The highest BCUT2D eigenvalue weighted by Gasteiger charge is 2.43. The second-order valence-corrected chi connectivity index (χ2v) is 14.4. The third kappa shape index (κ3) is 9.94. The maximum atomic E-state index is 14.3. The van der Waals surface area contributed by atoms with Crippen molar-refractivity contribution in [3.63, 3.8) is 0 Å². The number of aliphatic hydroxyl groups excluding tert-OH is 1. The highest BCUT2D eigenvalue weighted by Crippen LogP contribution is 2.32. The van der Waals surface area contributed by atoms with Gasteiger partial charge in [0.25, 0.3) is 11.8 Å². The van der Waals surface area contributed by atoms with E-state index in [2.05, 4.69) is 16.1 Å². The third-order valence-corrected chi connectivity index (χ3v) is 9.17. The maximum absolute atomic E-state index is 14.3. The molecule has 4 aromatic carbocycles. The van der Waals surface area contributed by atoms with Gasteiger partial charge < -0.3 is 25.6 Å². The zero-order valence-electron chi connectivity index (χ0n) is 30.1. The zero-order chi connectivity index (χ0) is 37.3. The SMILES string of the molecule is COC(=O)N[C@H](C(=O)NN(Cc1ccc(/C=C/c2ccccc2)cc1)C[C@@](O)(Cc1ccccc1)C(=O)N[C@H]1c2ccccc2C[C@H]1O)C(C)(C)C. The smallest absolute Gasteiger partial charge is 0.407 e. The van der Waals surface area contributed by atoms with Crippen LogP contribution >= 0.6 is 0 Å². The van der Waals surface area contributed by atoms with E-state index in [9.17, 15) is 24.6 Å². The van der Waals surface area contributed by atoms with Crippen LogP contribution in [0.15, 0.2) is 109 Å². The van der Waals surface area contributed by atoms with Crippen molar-refractivity contribution in [2.24, 2.45) is 5.41 Å². The number of fused-ring (bicyclic) bond motifs is 1. The first-order valence-electron chi connectivity index (χ1n) is 17.4. The number of methoxy groups -OCH3 is 1. The van der Waals surface area contributed by atoms with Crippen molar-refractivity contribution in [2.75, 3.05) is 13.7 Å². The van der Waals surface area contributed by atoms with Gasteiger partial charge in [0.15, 0.2) is 5.60 Å². The summed E-state index contributed by atoms with van der Waals surface area (Å²) >= 11 is 0. The third-order valence-electron chi connectivity index (χ3n) is 9.17. The predicted octanol–water partition coefficient (Wildman–Crippen LogP) is 5.21. The largest absolute Gasteiger partial charge is 0.453 e. The highest BCUT2D eigenvalue weighted by atomic mass is 16.5. The number of carbonyl (C=O) groups excluding carboxylic acids is 3. The summed E-state index contributed by atoms with van der Waals surface area (Å²) in [5.41, 5.74) is 5.36. The lowest BCUT2D eigenvalue weighted by Gasteiger charge is -2.37. The molecular weight excluding hydrogens is 656 g/mol. The number of amides is 3. The van der Waals surface area contributed by atoms with Crippen molar-refractivity contribution in [1.29, 1.82) is 0 Å². The molecule has 272 valence electrons. The Labute approximate surface area is 305 Å². The number of nitrogens with zero attached hydrogens (tertiary/aromatic N) is 1. The van der Waals surface area contributed by atoms with E-state index in [1.54, 1.807) is 0 Å². The lowest BCUT2D eigenvalue weighted by atomic mass is 9.86. The van der Waals surface area contributed by atoms with E-state index in [-0.39, 0.29) is 19.5 Å². The van der Waals surface area contributed by atoms with Gasteiger partial charge in [0.2, 0.25) is 0 Å². The van der Waals surface area contributed by atoms with Crippen LogP contribution in [0.5, 0.6) is 0 Å². The number of rotatable bonds is 13. The standard InChI is InChI=1S/C42H48N4O6/c1-41(2,3)37(44-40(50)52-4)38(48)45-46(27-32-23-21-30(22-24-32)20-19-29-13-7-5-8-14-29)28-42(51,26-31-15-9-6-10-16-31)39(49)43-36-34-18-12-11-17-33(34)25-35(36)47/h5-24,35-37,47,51H,25-28H2,1-4H3,(H,43,49)(H,44,50)(H,45,48)/b20-19+/t35-,36+,37-,42+/m1/s1. The summed E-state index contributed by atoms with van der Waals surface area (Å²) in [5, 5.41) is 30.4. The van der Waals surface area contributed by atoms with Crippen molar-refractivity contribution in [1.82, 2.24) is 21.1 Å². The number of ether oxygens (including phenoxy) is 1. The highest BCUT2D eigenvalue weighted by molar-refractivity contribution is 5.87. The molecule has 52 heavy (non-hydrogen) atoms. The van der Waals surface area contributed by atoms with Crippen LogP contribution in [0.2, 0.25) is 0 Å². The normalized spacial score (nSPS) is 17.2. The minimum absolute atomic E-state index is 0.0805. The summed E-state index contributed by atoms with van der Waals surface area (Å²) in [6.45, 7) is 5.22. The first-order valence-corrected chi connectivity index (χ1v) is 17.4.